The number of rotatable bonds is 0. The Morgan fingerprint density at radius 1 is 1.80 bits per heavy atom. The predicted molar refractivity (Wildman–Crippen MR) is 19.0 cm³/mol. The predicted octanol–water partition coefficient (Wildman–Crippen LogP) is -0.589. The fourth-order valence-electron chi connectivity index (χ4n) is 0.255. The second-order valence-corrected chi connectivity index (χ2v) is 0.846. The molecule has 0 spiro atoms. The highest BCUT2D eigenvalue weighted by atomic mass is 15.1. The number of nitrogens with one attached hydrogen (secondary N) is 2. The molecule has 2 nitrogen and oxygen atoms in total. The fourth-order valence-corrected chi connectivity index (χ4v) is 0.255. The van der Waals surface area contributed by atoms with E-state index in [4.69, 9.17) is 0 Å². The molecule has 0 aromatic heterocycles. The summed E-state index contributed by atoms with van der Waals surface area (Å²) in [6.07, 6.45) is 4.49. The van der Waals surface area contributed by atoms with Crippen LogP contribution in [0.5, 0.6) is 0 Å². The monoisotopic (exact) mass is 69.0 g/mol. The molecule has 27 valence electrons. The highest BCUT2D eigenvalue weighted by Crippen LogP contribution is 1.63. The van der Waals surface area contributed by atoms with E-state index in [-0.39, 0.29) is 0 Å². The van der Waals surface area contributed by atoms with E-state index in [2.05, 4.69) is 16.8 Å². The van der Waals surface area contributed by atoms with Gasteiger partial charge in [0.25, 0.3) is 0 Å². The standard InChI is InChI=1S/C3H5N2/c1-2-5-3-4-1/h1,4-5H,3H2. The molecule has 0 aromatic rings. The van der Waals surface area contributed by atoms with Gasteiger partial charge in [0, 0.05) is 6.20 Å². The quantitative estimate of drug-likeness (QED) is 0.397. The van der Waals surface area contributed by atoms with E-state index >= 15 is 0 Å². The summed E-state index contributed by atoms with van der Waals surface area (Å²) in [5, 5.41) is 5.68. The average Bonchev–Trinajstić information content (AvgIpc) is 1.76. The van der Waals surface area contributed by atoms with Crippen LogP contribution >= 0.6 is 0 Å². The van der Waals surface area contributed by atoms with Gasteiger partial charge in [-0.3, -0.25) is 0 Å². The molecule has 0 amide bonds. The molecule has 0 aliphatic carbocycles. The molecule has 0 saturated carbocycles. The molecule has 0 unspecified atom stereocenters. The third kappa shape index (κ3) is 0.318. The van der Waals surface area contributed by atoms with Gasteiger partial charge in [-0.15, -0.1) is 0 Å². The molecule has 1 aliphatic heterocycles. The van der Waals surface area contributed by atoms with Crippen LogP contribution in [0.25, 0.3) is 0 Å². The zero-order valence-corrected chi connectivity index (χ0v) is 2.78. The van der Waals surface area contributed by atoms with Crippen molar-refractivity contribution in [2.45, 2.75) is 0 Å². The summed E-state index contributed by atoms with van der Waals surface area (Å²) in [5.74, 6) is 0. The first-order valence-electron chi connectivity index (χ1n) is 1.53. The van der Waals surface area contributed by atoms with Crippen molar-refractivity contribution in [1.82, 2.24) is 10.6 Å². The van der Waals surface area contributed by atoms with Gasteiger partial charge < -0.3 is 10.6 Å². The zero-order chi connectivity index (χ0) is 3.54. The Bertz CT molecular complexity index is 42.9. The molecule has 5 heavy (non-hydrogen) atoms. The minimum Gasteiger partial charge on any atom is -0.372 e. The Kier molecular flexibility index (Phi) is 0.499. The maximum Gasteiger partial charge on any atom is 0.0846 e. The van der Waals surface area contributed by atoms with Crippen LogP contribution in [0.4, 0.5) is 0 Å². The largest absolute Gasteiger partial charge is 0.372 e. The minimum absolute atomic E-state index is 0.833. The van der Waals surface area contributed by atoms with Gasteiger partial charge in [-0.05, 0) is 0 Å². The minimum atomic E-state index is 0.833. The summed E-state index contributed by atoms with van der Waals surface area (Å²) in [7, 11) is 0. The molecular formula is C3H5N2. The highest BCUT2D eigenvalue weighted by molar-refractivity contribution is 4.74. The van der Waals surface area contributed by atoms with Crippen LogP contribution in [-0.2, 0) is 0 Å². The summed E-state index contributed by atoms with van der Waals surface area (Å²) in [6, 6.07) is 0. The lowest BCUT2D eigenvalue weighted by atomic mass is 11.0. The first-order chi connectivity index (χ1) is 2.50. The summed E-state index contributed by atoms with van der Waals surface area (Å²) in [4.78, 5) is 0. The van der Waals surface area contributed by atoms with Gasteiger partial charge in [-0.1, -0.05) is 0 Å². The zero-order valence-electron chi connectivity index (χ0n) is 2.78. The molecule has 0 saturated heterocycles. The lowest BCUT2D eigenvalue weighted by Crippen LogP contribution is -2.10. The van der Waals surface area contributed by atoms with Crippen LogP contribution in [0, 0.1) is 6.20 Å². The van der Waals surface area contributed by atoms with Crippen molar-refractivity contribution in [3.8, 4) is 0 Å². The normalized spacial score (nSPS) is 17.6. The first kappa shape index (κ1) is 2.57. The van der Waals surface area contributed by atoms with E-state index in [1.165, 1.54) is 0 Å². The number of hydrogen-bond acceptors (Lipinski definition) is 2. The Hall–Kier alpha value is -0.660. The van der Waals surface area contributed by atoms with Crippen LogP contribution in [0.1, 0.15) is 0 Å². The van der Waals surface area contributed by atoms with Crippen LogP contribution in [0.3, 0.4) is 0 Å². The lowest BCUT2D eigenvalue weighted by Gasteiger charge is -1.81. The van der Waals surface area contributed by atoms with E-state index in [1.54, 1.807) is 6.20 Å². The second-order valence-electron chi connectivity index (χ2n) is 0.846. The summed E-state index contributed by atoms with van der Waals surface area (Å²) < 4.78 is 0. The smallest absolute Gasteiger partial charge is 0.0846 e. The van der Waals surface area contributed by atoms with E-state index in [9.17, 15) is 0 Å². The van der Waals surface area contributed by atoms with Crippen molar-refractivity contribution in [2.75, 3.05) is 6.67 Å². The van der Waals surface area contributed by atoms with Crippen molar-refractivity contribution in [3.05, 3.63) is 12.4 Å². The van der Waals surface area contributed by atoms with Crippen LogP contribution in [0.2, 0.25) is 0 Å². The molecule has 0 aromatic carbocycles. The molecule has 0 atom stereocenters. The summed E-state index contributed by atoms with van der Waals surface area (Å²) in [6.45, 7) is 0.833. The summed E-state index contributed by atoms with van der Waals surface area (Å²) >= 11 is 0. The molecule has 2 heteroatoms. The molecule has 0 fully saturated rings. The highest BCUT2D eigenvalue weighted by Gasteiger charge is 1.79. The maximum absolute atomic E-state index is 2.88. The van der Waals surface area contributed by atoms with Gasteiger partial charge in [0.1, 0.15) is 0 Å². The third-order valence-corrected chi connectivity index (χ3v) is 0.467. The van der Waals surface area contributed by atoms with Crippen molar-refractivity contribution in [3.63, 3.8) is 0 Å². The Morgan fingerprint density at radius 3 is 3.00 bits per heavy atom. The average molecular weight is 69.1 g/mol. The fraction of sp³-hybridized carbons (Fsp3) is 0.333. The Morgan fingerprint density at radius 2 is 2.80 bits per heavy atom. The van der Waals surface area contributed by atoms with Gasteiger partial charge in [-0.25, -0.2) is 0 Å². The summed E-state index contributed by atoms with van der Waals surface area (Å²) in [5.41, 5.74) is 0. The van der Waals surface area contributed by atoms with Gasteiger partial charge in [-0.2, -0.15) is 0 Å². The third-order valence-electron chi connectivity index (χ3n) is 0.467. The maximum atomic E-state index is 2.88. The molecular weight excluding hydrogens is 64.0 g/mol. The topological polar surface area (TPSA) is 24.1 Å². The van der Waals surface area contributed by atoms with Crippen molar-refractivity contribution < 1.29 is 0 Å². The van der Waals surface area contributed by atoms with Gasteiger partial charge in [0.15, 0.2) is 0 Å². The van der Waals surface area contributed by atoms with E-state index in [0.717, 1.165) is 6.67 Å². The van der Waals surface area contributed by atoms with Crippen LogP contribution < -0.4 is 10.6 Å². The van der Waals surface area contributed by atoms with E-state index < -0.39 is 0 Å². The lowest BCUT2D eigenvalue weighted by molar-refractivity contribution is 0.827. The first-order valence-corrected chi connectivity index (χ1v) is 1.53. The van der Waals surface area contributed by atoms with Crippen LogP contribution in [-0.4, -0.2) is 6.67 Å². The SMILES string of the molecule is [C]1=CNCN1. The molecule has 1 heterocycles. The Labute approximate surface area is 30.9 Å². The van der Waals surface area contributed by atoms with Gasteiger partial charge in [0.05, 0.1) is 12.9 Å². The van der Waals surface area contributed by atoms with Crippen molar-refractivity contribution >= 4 is 0 Å². The molecule has 1 rings (SSSR count). The number of hydrogen-bond donors (Lipinski definition) is 2. The Balaban J connectivity index is 2.32. The van der Waals surface area contributed by atoms with Gasteiger partial charge in [0.2, 0.25) is 0 Å². The second kappa shape index (κ2) is 0.971. The molecule has 1 aliphatic rings. The van der Waals surface area contributed by atoms with Crippen molar-refractivity contribution in [1.29, 1.82) is 0 Å². The van der Waals surface area contributed by atoms with Crippen LogP contribution in [0.15, 0.2) is 6.20 Å². The van der Waals surface area contributed by atoms with E-state index in [1.807, 2.05) is 0 Å². The van der Waals surface area contributed by atoms with Gasteiger partial charge >= 0.3 is 0 Å². The van der Waals surface area contributed by atoms with Crippen molar-refractivity contribution in [2.24, 2.45) is 0 Å². The molecule has 1 radical (unpaired) electrons. The molecule has 0 bridgehead atoms. The molecule has 2 N–H and O–H groups in total. The van der Waals surface area contributed by atoms with E-state index in [0.29, 0.717) is 0 Å².